The van der Waals surface area contributed by atoms with Crippen LogP contribution in [0.4, 0.5) is 0 Å². The minimum Gasteiger partial charge on any atom is -0.489 e. The van der Waals surface area contributed by atoms with Crippen molar-refractivity contribution in [3.05, 3.63) is 64.1 Å². The zero-order valence-corrected chi connectivity index (χ0v) is 17.4. The van der Waals surface area contributed by atoms with E-state index in [4.69, 9.17) is 4.74 Å². The van der Waals surface area contributed by atoms with Gasteiger partial charge < -0.3 is 19.9 Å². The quantitative estimate of drug-likeness (QED) is 0.396. The van der Waals surface area contributed by atoms with Gasteiger partial charge >= 0.3 is 0 Å². The minimum atomic E-state index is 0.0216. The van der Waals surface area contributed by atoms with E-state index < -0.39 is 0 Å². The van der Waals surface area contributed by atoms with Gasteiger partial charge in [0.15, 0.2) is 5.96 Å². The van der Waals surface area contributed by atoms with Gasteiger partial charge in [-0.25, -0.2) is 0 Å². The van der Waals surface area contributed by atoms with Crippen LogP contribution in [0.2, 0.25) is 0 Å². The number of aliphatic imine (C=N–C) groups is 1. The van der Waals surface area contributed by atoms with Crippen LogP contribution >= 0.6 is 0 Å². The van der Waals surface area contributed by atoms with Crippen molar-refractivity contribution in [3.8, 4) is 5.75 Å². The number of pyridine rings is 1. The highest BCUT2D eigenvalue weighted by atomic mass is 16.5. The van der Waals surface area contributed by atoms with Crippen LogP contribution in [0, 0.1) is 13.8 Å². The van der Waals surface area contributed by atoms with Crippen molar-refractivity contribution in [3.63, 3.8) is 0 Å². The Kier molecular flexibility index (Phi) is 8.59. The highest BCUT2D eigenvalue weighted by Gasteiger charge is 2.06. The summed E-state index contributed by atoms with van der Waals surface area (Å²) in [5.41, 5.74) is 2.25. The lowest BCUT2D eigenvalue weighted by molar-refractivity contribution is 0.223. The SMILES string of the molecule is CN=C(NCCCCn1c(C)cccc1=O)NCC(C)Oc1cccc(C)c1. The molecule has 2 N–H and O–H groups in total. The van der Waals surface area contributed by atoms with Crippen LogP contribution in [0.5, 0.6) is 5.75 Å². The van der Waals surface area contributed by atoms with Crippen molar-refractivity contribution < 1.29 is 4.74 Å². The number of guanidine groups is 1. The second kappa shape index (κ2) is 11.2. The third kappa shape index (κ3) is 7.10. The predicted molar refractivity (Wildman–Crippen MR) is 115 cm³/mol. The average Bonchev–Trinajstić information content (AvgIpc) is 2.66. The fourth-order valence-electron chi connectivity index (χ4n) is 2.94. The molecule has 6 heteroatoms. The number of nitrogens with zero attached hydrogens (tertiary/aromatic N) is 2. The fraction of sp³-hybridized carbons (Fsp3) is 0.455. The molecular formula is C22H32N4O2. The van der Waals surface area contributed by atoms with Gasteiger partial charge in [-0.05, 0) is 57.4 Å². The van der Waals surface area contributed by atoms with E-state index in [0.29, 0.717) is 6.54 Å². The van der Waals surface area contributed by atoms with E-state index in [0.717, 1.165) is 43.3 Å². The van der Waals surface area contributed by atoms with Crippen LogP contribution in [-0.2, 0) is 6.54 Å². The summed E-state index contributed by atoms with van der Waals surface area (Å²) in [7, 11) is 1.76. The Hall–Kier alpha value is -2.76. The lowest BCUT2D eigenvalue weighted by Gasteiger charge is -2.18. The Morgan fingerprint density at radius 2 is 1.93 bits per heavy atom. The first-order valence-corrected chi connectivity index (χ1v) is 9.84. The van der Waals surface area contributed by atoms with E-state index in [9.17, 15) is 4.79 Å². The van der Waals surface area contributed by atoms with Crippen molar-refractivity contribution in [1.29, 1.82) is 0 Å². The summed E-state index contributed by atoms with van der Waals surface area (Å²) in [5.74, 6) is 1.64. The topological polar surface area (TPSA) is 67.7 Å². The van der Waals surface area contributed by atoms with Gasteiger partial charge in [-0.2, -0.15) is 0 Å². The van der Waals surface area contributed by atoms with Gasteiger partial charge in [0.2, 0.25) is 0 Å². The molecule has 0 radical (unpaired) electrons. The zero-order valence-electron chi connectivity index (χ0n) is 17.4. The molecule has 0 aliphatic heterocycles. The Balaban J connectivity index is 1.66. The molecule has 0 spiro atoms. The van der Waals surface area contributed by atoms with Crippen LogP contribution in [0.1, 0.15) is 31.0 Å². The molecule has 0 amide bonds. The largest absolute Gasteiger partial charge is 0.489 e. The molecule has 0 bridgehead atoms. The number of unbranched alkanes of at least 4 members (excludes halogenated alkanes) is 1. The Morgan fingerprint density at radius 3 is 2.64 bits per heavy atom. The summed E-state index contributed by atoms with van der Waals surface area (Å²) in [6.45, 7) is 8.24. The molecule has 2 rings (SSSR count). The van der Waals surface area contributed by atoms with E-state index >= 15 is 0 Å². The average molecular weight is 385 g/mol. The summed E-state index contributed by atoms with van der Waals surface area (Å²) in [6.07, 6.45) is 1.91. The summed E-state index contributed by atoms with van der Waals surface area (Å²) in [6, 6.07) is 13.4. The van der Waals surface area contributed by atoms with Crippen molar-refractivity contribution in [1.82, 2.24) is 15.2 Å². The van der Waals surface area contributed by atoms with E-state index in [1.165, 1.54) is 5.56 Å². The maximum absolute atomic E-state index is 11.9. The second-order valence-electron chi connectivity index (χ2n) is 6.99. The summed E-state index contributed by atoms with van der Waals surface area (Å²) < 4.78 is 7.74. The highest BCUT2D eigenvalue weighted by Crippen LogP contribution is 2.13. The van der Waals surface area contributed by atoms with E-state index in [1.54, 1.807) is 19.2 Å². The molecule has 152 valence electrons. The number of aromatic nitrogens is 1. The van der Waals surface area contributed by atoms with Crippen LogP contribution in [0.15, 0.2) is 52.3 Å². The third-order valence-corrected chi connectivity index (χ3v) is 4.48. The standard InChI is InChI=1S/C22H32N4O2/c1-17-9-7-11-20(15-17)28-19(3)16-25-22(23-4)24-13-5-6-14-26-18(2)10-8-12-21(26)27/h7-12,15,19H,5-6,13-14,16H2,1-4H3,(H2,23,24,25). The molecule has 28 heavy (non-hydrogen) atoms. The molecule has 0 saturated heterocycles. The molecule has 0 aliphatic carbocycles. The van der Waals surface area contributed by atoms with Crippen LogP contribution < -0.4 is 20.9 Å². The number of aryl methyl sites for hydroxylation is 2. The number of rotatable bonds is 9. The molecule has 1 heterocycles. The van der Waals surface area contributed by atoms with Gasteiger partial charge in [0, 0.05) is 31.9 Å². The predicted octanol–water partition coefficient (Wildman–Crippen LogP) is 2.88. The van der Waals surface area contributed by atoms with Gasteiger partial charge in [0.25, 0.3) is 5.56 Å². The molecule has 0 aliphatic rings. The maximum Gasteiger partial charge on any atom is 0.250 e. The number of hydrogen-bond acceptors (Lipinski definition) is 3. The zero-order chi connectivity index (χ0) is 20.4. The maximum atomic E-state index is 11.9. The van der Waals surface area contributed by atoms with Gasteiger partial charge in [0.05, 0.1) is 6.54 Å². The number of benzene rings is 1. The third-order valence-electron chi connectivity index (χ3n) is 4.48. The number of ether oxygens (including phenoxy) is 1. The number of hydrogen-bond donors (Lipinski definition) is 2. The van der Waals surface area contributed by atoms with Gasteiger partial charge in [0.1, 0.15) is 11.9 Å². The Labute approximate surface area is 167 Å². The van der Waals surface area contributed by atoms with E-state index in [2.05, 4.69) is 28.6 Å². The van der Waals surface area contributed by atoms with Crippen LogP contribution in [0.3, 0.4) is 0 Å². The lowest BCUT2D eigenvalue weighted by atomic mass is 10.2. The minimum absolute atomic E-state index is 0.0216. The van der Waals surface area contributed by atoms with Crippen molar-refractivity contribution in [2.75, 3.05) is 20.1 Å². The summed E-state index contributed by atoms with van der Waals surface area (Å²) in [4.78, 5) is 16.1. The molecule has 1 unspecified atom stereocenters. The molecule has 2 aromatic rings. The molecule has 0 saturated carbocycles. The van der Waals surface area contributed by atoms with Crippen molar-refractivity contribution in [2.24, 2.45) is 4.99 Å². The fourth-order valence-corrected chi connectivity index (χ4v) is 2.94. The molecule has 1 aromatic heterocycles. The normalized spacial score (nSPS) is 12.5. The van der Waals surface area contributed by atoms with Crippen LogP contribution in [-0.4, -0.2) is 36.8 Å². The first-order valence-electron chi connectivity index (χ1n) is 9.84. The summed E-state index contributed by atoms with van der Waals surface area (Å²) in [5, 5.41) is 6.60. The monoisotopic (exact) mass is 384 g/mol. The Bertz CT molecular complexity index is 829. The van der Waals surface area contributed by atoms with Crippen LogP contribution in [0.25, 0.3) is 0 Å². The molecule has 1 atom stereocenters. The smallest absolute Gasteiger partial charge is 0.250 e. The van der Waals surface area contributed by atoms with E-state index in [-0.39, 0.29) is 11.7 Å². The molecule has 1 aromatic carbocycles. The second-order valence-corrected chi connectivity index (χ2v) is 6.99. The first kappa shape index (κ1) is 21.5. The summed E-state index contributed by atoms with van der Waals surface area (Å²) >= 11 is 0. The molecular weight excluding hydrogens is 352 g/mol. The van der Waals surface area contributed by atoms with Gasteiger partial charge in [-0.1, -0.05) is 18.2 Å². The molecule has 0 fully saturated rings. The van der Waals surface area contributed by atoms with Crippen molar-refractivity contribution in [2.45, 2.75) is 46.3 Å². The van der Waals surface area contributed by atoms with Gasteiger partial charge in [-0.15, -0.1) is 0 Å². The van der Waals surface area contributed by atoms with Crippen molar-refractivity contribution >= 4 is 5.96 Å². The Morgan fingerprint density at radius 1 is 1.14 bits per heavy atom. The first-order chi connectivity index (χ1) is 13.5. The lowest BCUT2D eigenvalue weighted by Crippen LogP contribution is -2.42. The molecule has 6 nitrogen and oxygen atoms in total. The highest BCUT2D eigenvalue weighted by molar-refractivity contribution is 5.79. The van der Waals surface area contributed by atoms with Gasteiger partial charge in [-0.3, -0.25) is 9.79 Å². The number of nitrogens with one attached hydrogen (secondary N) is 2. The van der Waals surface area contributed by atoms with E-state index in [1.807, 2.05) is 42.7 Å².